The summed E-state index contributed by atoms with van der Waals surface area (Å²) in [5.74, 6) is -0.715. The topological polar surface area (TPSA) is 26.3 Å². The molecule has 0 unspecified atom stereocenters. The molecule has 1 aromatic carbocycles. The molecule has 1 aliphatic rings. The Balaban J connectivity index is 2.61. The molecule has 62 valence electrons. The van der Waals surface area contributed by atoms with Gasteiger partial charge in [0.25, 0.3) is 0 Å². The summed E-state index contributed by atoms with van der Waals surface area (Å²) in [7, 11) is 0. The van der Waals surface area contributed by atoms with E-state index >= 15 is 0 Å². The van der Waals surface area contributed by atoms with Gasteiger partial charge in [0.05, 0.1) is 11.4 Å². The van der Waals surface area contributed by atoms with Crippen molar-refractivity contribution in [3.8, 4) is 5.75 Å². The van der Waals surface area contributed by atoms with Crippen molar-refractivity contribution in [2.45, 2.75) is 6.42 Å². The minimum Gasteiger partial charge on any atom is -0.426 e. The van der Waals surface area contributed by atoms with E-state index in [9.17, 15) is 9.18 Å². The third-order valence-corrected chi connectivity index (χ3v) is 1.99. The molecule has 0 saturated carbocycles. The average molecular weight is 187 g/mol. The van der Waals surface area contributed by atoms with Crippen LogP contribution in [0.5, 0.6) is 5.75 Å². The van der Waals surface area contributed by atoms with Gasteiger partial charge in [0, 0.05) is 5.56 Å². The van der Waals surface area contributed by atoms with Crippen LogP contribution in [0.1, 0.15) is 5.56 Å². The Morgan fingerprint density at radius 3 is 3.00 bits per heavy atom. The standard InChI is InChI=1S/C8H4ClFO2/c9-5-1-2-6-4(8(5)10)3-7(11)12-6/h1-2H,3H2. The number of rotatable bonds is 0. The lowest BCUT2D eigenvalue weighted by Crippen LogP contribution is -2.00. The Morgan fingerprint density at radius 1 is 1.50 bits per heavy atom. The summed E-state index contributed by atoms with van der Waals surface area (Å²) >= 11 is 5.50. The number of hydrogen-bond donors (Lipinski definition) is 0. The Kier molecular flexibility index (Phi) is 1.54. The lowest BCUT2D eigenvalue weighted by Gasteiger charge is -1.98. The van der Waals surface area contributed by atoms with Gasteiger partial charge in [-0.3, -0.25) is 4.79 Å². The second-order valence-electron chi connectivity index (χ2n) is 2.49. The fourth-order valence-corrected chi connectivity index (χ4v) is 1.32. The van der Waals surface area contributed by atoms with E-state index in [2.05, 4.69) is 0 Å². The maximum absolute atomic E-state index is 13.1. The third kappa shape index (κ3) is 0.975. The maximum atomic E-state index is 13.1. The summed E-state index contributed by atoms with van der Waals surface area (Å²) < 4.78 is 17.8. The second-order valence-corrected chi connectivity index (χ2v) is 2.90. The molecule has 0 amide bonds. The molecule has 4 heteroatoms. The normalized spacial score (nSPS) is 14.3. The van der Waals surface area contributed by atoms with Crippen molar-refractivity contribution in [2.75, 3.05) is 0 Å². The van der Waals surface area contributed by atoms with E-state index in [1.807, 2.05) is 0 Å². The minimum absolute atomic E-state index is 0.0204. The van der Waals surface area contributed by atoms with Crippen LogP contribution in [0.15, 0.2) is 12.1 Å². The third-order valence-electron chi connectivity index (χ3n) is 1.70. The first-order valence-corrected chi connectivity index (χ1v) is 3.74. The highest BCUT2D eigenvalue weighted by molar-refractivity contribution is 6.30. The van der Waals surface area contributed by atoms with Gasteiger partial charge in [-0.05, 0) is 12.1 Å². The molecule has 0 aromatic heterocycles. The number of hydrogen-bond acceptors (Lipinski definition) is 2. The smallest absolute Gasteiger partial charge is 0.315 e. The molecule has 0 N–H and O–H groups in total. The zero-order valence-corrected chi connectivity index (χ0v) is 6.69. The Labute approximate surface area is 72.9 Å². The maximum Gasteiger partial charge on any atom is 0.315 e. The number of fused-ring (bicyclic) bond motifs is 1. The highest BCUT2D eigenvalue weighted by atomic mass is 35.5. The van der Waals surface area contributed by atoms with Crippen LogP contribution >= 0.6 is 11.6 Å². The van der Waals surface area contributed by atoms with E-state index in [1.54, 1.807) is 0 Å². The molecule has 2 rings (SSSR count). The van der Waals surface area contributed by atoms with Crippen molar-refractivity contribution in [1.29, 1.82) is 0 Å². The van der Waals surface area contributed by atoms with Gasteiger partial charge in [-0.1, -0.05) is 11.6 Å². The molecule has 0 atom stereocenters. The molecule has 0 fully saturated rings. The van der Waals surface area contributed by atoms with Gasteiger partial charge in [-0.2, -0.15) is 0 Å². The van der Waals surface area contributed by atoms with Gasteiger partial charge in [-0.15, -0.1) is 0 Å². The van der Waals surface area contributed by atoms with E-state index in [0.717, 1.165) is 0 Å². The van der Waals surface area contributed by atoms with Gasteiger partial charge < -0.3 is 4.74 Å². The first kappa shape index (κ1) is 7.55. The zero-order chi connectivity index (χ0) is 8.72. The van der Waals surface area contributed by atoms with Crippen LogP contribution in [0, 0.1) is 5.82 Å². The van der Waals surface area contributed by atoms with Crippen molar-refractivity contribution in [2.24, 2.45) is 0 Å². The molecule has 1 aromatic rings. The van der Waals surface area contributed by atoms with Gasteiger partial charge in [-0.25, -0.2) is 4.39 Å². The van der Waals surface area contributed by atoms with Crippen LogP contribution in [0.4, 0.5) is 4.39 Å². The van der Waals surface area contributed by atoms with Gasteiger partial charge in [0.2, 0.25) is 0 Å². The molecule has 0 saturated heterocycles. The Hall–Kier alpha value is -1.09. The van der Waals surface area contributed by atoms with Crippen molar-refractivity contribution >= 4 is 17.6 Å². The van der Waals surface area contributed by atoms with Crippen LogP contribution < -0.4 is 4.74 Å². The number of halogens is 2. The van der Waals surface area contributed by atoms with Gasteiger partial charge in [0.15, 0.2) is 0 Å². The highest BCUT2D eigenvalue weighted by Gasteiger charge is 2.24. The van der Waals surface area contributed by atoms with Crippen molar-refractivity contribution in [3.63, 3.8) is 0 Å². The number of benzene rings is 1. The number of esters is 1. The van der Waals surface area contributed by atoms with E-state index in [0.29, 0.717) is 0 Å². The summed E-state index contributed by atoms with van der Waals surface area (Å²) in [5, 5.41) is 0.0204. The molecule has 1 heterocycles. The van der Waals surface area contributed by atoms with E-state index in [1.165, 1.54) is 12.1 Å². The molecule has 0 radical (unpaired) electrons. The van der Waals surface area contributed by atoms with Crippen LogP contribution in [0.3, 0.4) is 0 Å². The van der Waals surface area contributed by atoms with Crippen LogP contribution in [0.2, 0.25) is 5.02 Å². The monoisotopic (exact) mass is 186 g/mol. The van der Waals surface area contributed by atoms with Crippen LogP contribution in [0.25, 0.3) is 0 Å². The summed E-state index contributed by atoms with van der Waals surface area (Å²) in [4.78, 5) is 10.7. The van der Waals surface area contributed by atoms with Gasteiger partial charge >= 0.3 is 5.97 Å². The van der Waals surface area contributed by atoms with E-state index in [-0.39, 0.29) is 22.8 Å². The molecule has 0 bridgehead atoms. The molecule has 0 spiro atoms. The first-order chi connectivity index (χ1) is 5.68. The lowest BCUT2D eigenvalue weighted by atomic mass is 10.1. The zero-order valence-electron chi connectivity index (χ0n) is 5.93. The summed E-state index contributed by atoms with van der Waals surface area (Å²) in [6.07, 6.45) is -0.0261. The molecule has 12 heavy (non-hydrogen) atoms. The lowest BCUT2D eigenvalue weighted by molar-refractivity contribution is -0.131. The first-order valence-electron chi connectivity index (χ1n) is 3.36. The molecular formula is C8H4ClFO2. The second kappa shape index (κ2) is 2.45. The molecular weight excluding hydrogens is 183 g/mol. The average Bonchev–Trinajstić information content (AvgIpc) is 2.39. The Morgan fingerprint density at radius 2 is 2.25 bits per heavy atom. The van der Waals surface area contributed by atoms with E-state index in [4.69, 9.17) is 16.3 Å². The van der Waals surface area contributed by atoms with Crippen LogP contribution in [-0.4, -0.2) is 5.97 Å². The molecule has 0 aliphatic carbocycles. The van der Waals surface area contributed by atoms with Crippen molar-refractivity contribution in [3.05, 3.63) is 28.5 Å². The predicted octanol–water partition coefficient (Wildman–Crippen LogP) is 1.94. The van der Waals surface area contributed by atoms with E-state index < -0.39 is 11.8 Å². The van der Waals surface area contributed by atoms with Crippen LogP contribution in [-0.2, 0) is 11.2 Å². The van der Waals surface area contributed by atoms with Crippen molar-refractivity contribution < 1.29 is 13.9 Å². The van der Waals surface area contributed by atoms with Gasteiger partial charge in [0.1, 0.15) is 11.6 Å². The Bertz CT molecular complexity index is 362. The quantitative estimate of drug-likeness (QED) is 0.457. The highest BCUT2D eigenvalue weighted by Crippen LogP contribution is 2.31. The SMILES string of the molecule is O=C1Cc2c(ccc(Cl)c2F)O1. The summed E-state index contributed by atoms with van der Waals surface area (Å²) in [6.45, 7) is 0. The fraction of sp³-hybridized carbons (Fsp3) is 0.125. The fourth-order valence-electron chi connectivity index (χ4n) is 1.14. The van der Waals surface area contributed by atoms with Crippen molar-refractivity contribution in [1.82, 2.24) is 0 Å². The summed E-state index contributed by atoms with van der Waals surface area (Å²) in [6, 6.07) is 2.86. The molecule has 1 aliphatic heterocycles. The largest absolute Gasteiger partial charge is 0.426 e. The number of carbonyl (C=O) groups is 1. The molecule has 2 nitrogen and oxygen atoms in total. The number of ether oxygens (including phenoxy) is 1. The number of carbonyl (C=O) groups excluding carboxylic acids is 1. The minimum atomic E-state index is -0.556. The predicted molar refractivity (Wildman–Crippen MR) is 40.7 cm³/mol. The summed E-state index contributed by atoms with van der Waals surface area (Å²) in [5.41, 5.74) is 0.257.